The third-order valence-electron chi connectivity index (χ3n) is 1.01. The van der Waals surface area contributed by atoms with Crippen LogP contribution in [0.15, 0.2) is 0 Å². The summed E-state index contributed by atoms with van der Waals surface area (Å²) < 4.78 is 9.54. The second kappa shape index (κ2) is 2.44. The molecule has 3 nitrogen and oxygen atoms in total. The van der Waals surface area contributed by atoms with Gasteiger partial charge < -0.3 is 14.6 Å². The van der Waals surface area contributed by atoms with Crippen molar-refractivity contribution in [3.63, 3.8) is 0 Å². The quantitative estimate of drug-likeness (QED) is 0.410. The summed E-state index contributed by atoms with van der Waals surface area (Å²) in [7, 11) is 0. The zero-order chi connectivity index (χ0) is 5.98. The molecule has 2 unspecified atom stereocenters. The Labute approximate surface area is 48.2 Å². The fourth-order valence-electron chi connectivity index (χ4n) is 0.498. The maximum Gasteiger partial charge on any atom is 0.183 e. The average molecular weight is 118 g/mol. The van der Waals surface area contributed by atoms with Crippen LogP contribution in [0.5, 0.6) is 0 Å². The van der Waals surface area contributed by atoms with Crippen molar-refractivity contribution in [2.45, 2.75) is 19.3 Å². The van der Waals surface area contributed by atoms with Crippen LogP contribution >= 0.6 is 0 Å². The van der Waals surface area contributed by atoms with Gasteiger partial charge in [-0.1, -0.05) is 0 Å². The van der Waals surface area contributed by atoms with Crippen molar-refractivity contribution < 1.29 is 14.6 Å². The highest BCUT2D eigenvalue weighted by atomic mass is 16.7. The molecule has 1 heterocycles. The van der Waals surface area contributed by atoms with Gasteiger partial charge in [-0.15, -0.1) is 0 Å². The highest BCUT2D eigenvalue weighted by molar-refractivity contribution is 4.71. The first-order chi connectivity index (χ1) is 3.84. The molecule has 1 aliphatic rings. The summed E-state index contributed by atoms with van der Waals surface area (Å²) in [5, 5.41) is 8.84. The van der Waals surface area contributed by atoms with Crippen molar-refractivity contribution in [3.05, 3.63) is 0 Å². The average Bonchev–Trinajstić information content (AvgIpc) is 2.45. The van der Waals surface area contributed by atoms with Gasteiger partial charge in [0.1, 0.15) is 6.10 Å². The van der Waals surface area contributed by atoms with Gasteiger partial charge in [0.15, 0.2) is 6.29 Å². The van der Waals surface area contributed by atoms with Gasteiger partial charge >= 0.3 is 0 Å². The maximum absolute atomic E-state index is 8.84. The Morgan fingerprint density at radius 1 is 2.00 bits per heavy atom. The minimum Gasteiger partial charge on any atom is -0.368 e. The lowest BCUT2D eigenvalue weighted by molar-refractivity contribution is -0.108. The van der Waals surface area contributed by atoms with E-state index in [-0.39, 0.29) is 6.10 Å². The number of ether oxygens (including phenoxy) is 2. The van der Waals surface area contributed by atoms with E-state index < -0.39 is 6.29 Å². The van der Waals surface area contributed by atoms with E-state index in [0.29, 0.717) is 13.2 Å². The predicted molar refractivity (Wildman–Crippen MR) is 27.4 cm³/mol. The van der Waals surface area contributed by atoms with Gasteiger partial charge in [-0.25, -0.2) is 0 Å². The van der Waals surface area contributed by atoms with Crippen molar-refractivity contribution in [1.82, 2.24) is 0 Å². The number of aliphatic hydroxyl groups excluding tert-OH is 1. The minimum atomic E-state index is -0.694. The molecule has 0 aromatic carbocycles. The number of epoxide rings is 1. The number of aliphatic hydroxyl groups is 1. The molecule has 0 aromatic heterocycles. The van der Waals surface area contributed by atoms with Crippen LogP contribution in [0.1, 0.15) is 6.92 Å². The molecule has 1 N–H and O–H groups in total. The summed E-state index contributed by atoms with van der Waals surface area (Å²) in [6.07, 6.45) is -0.741. The molecule has 0 bridgehead atoms. The fraction of sp³-hybridized carbons (Fsp3) is 1.00. The summed E-state index contributed by atoms with van der Waals surface area (Å²) >= 11 is 0. The Morgan fingerprint density at radius 3 is 3.00 bits per heavy atom. The predicted octanol–water partition coefficient (Wildman–Crippen LogP) is -0.260. The molecule has 0 saturated carbocycles. The van der Waals surface area contributed by atoms with Crippen molar-refractivity contribution in [2.24, 2.45) is 0 Å². The summed E-state index contributed by atoms with van der Waals surface area (Å²) in [6, 6.07) is 0. The Hall–Kier alpha value is -0.120. The van der Waals surface area contributed by atoms with E-state index in [2.05, 4.69) is 0 Å². The van der Waals surface area contributed by atoms with Crippen LogP contribution in [-0.2, 0) is 9.47 Å². The summed E-state index contributed by atoms with van der Waals surface area (Å²) in [5.74, 6) is 0. The van der Waals surface area contributed by atoms with Gasteiger partial charge in [-0.3, -0.25) is 0 Å². The zero-order valence-corrected chi connectivity index (χ0v) is 4.83. The van der Waals surface area contributed by atoms with Crippen LogP contribution in [0, 0.1) is 0 Å². The maximum atomic E-state index is 8.84. The molecule has 1 fully saturated rings. The van der Waals surface area contributed by atoms with Crippen molar-refractivity contribution in [1.29, 1.82) is 0 Å². The van der Waals surface area contributed by atoms with Crippen LogP contribution in [0.4, 0.5) is 0 Å². The number of hydrogen-bond acceptors (Lipinski definition) is 3. The molecule has 0 aliphatic carbocycles. The Kier molecular flexibility index (Phi) is 1.83. The first-order valence-corrected chi connectivity index (χ1v) is 2.76. The van der Waals surface area contributed by atoms with Crippen LogP contribution in [-0.4, -0.2) is 30.7 Å². The highest BCUT2D eigenvalue weighted by Gasteiger charge is 2.31. The SMILES string of the molecule is CCOC(O)C1CO1. The molecule has 3 heteroatoms. The lowest BCUT2D eigenvalue weighted by atomic mass is 10.5. The Balaban J connectivity index is 2.03. The second-order valence-corrected chi connectivity index (χ2v) is 1.72. The molecular weight excluding hydrogens is 108 g/mol. The third kappa shape index (κ3) is 1.43. The Bertz CT molecular complexity index is 70.1. The van der Waals surface area contributed by atoms with Gasteiger partial charge in [-0.05, 0) is 6.92 Å². The molecule has 0 aromatic rings. The molecule has 2 atom stereocenters. The van der Waals surface area contributed by atoms with Crippen molar-refractivity contribution in [2.75, 3.05) is 13.2 Å². The zero-order valence-electron chi connectivity index (χ0n) is 4.83. The smallest absolute Gasteiger partial charge is 0.183 e. The van der Waals surface area contributed by atoms with Crippen molar-refractivity contribution >= 4 is 0 Å². The monoisotopic (exact) mass is 118 g/mol. The largest absolute Gasteiger partial charge is 0.368 e. The van der Waals surface area contributed by atoms with Crippen LogP contribution < -0.4 is 0 Å². The third-order valence-corrected chi connectivity index (χ3v) is 1.01. The number of hydrogen-bond donors (Lipinski definition) is 1. The van der Waals surface area contributed by atoms with Crippen LogP contribution in [0.25, 0.3) is 0 Å². The Morgan fingerprint density at radius 2 is 2.62 bits per heavy atom. The molecule has 0 spiro atoms. The van der Waals surface area contributed by atoms with Crippen molar-refractivity contribution in [3.8, 4) is 0 Å². The van der Waals surface area contributed by atoms with Gasteiger partial charge in [-0.2, -0.15) is 0 Å². The molecule has 1 aliphatic heterocycles. The van der Waals surface area contributed by atoms with Crippen LogP contribution in [0.3, 0.4) is 0 Å². The lowest BCUT2D eigenvalue weighted by Crippen LogP contribution is -2.18. The normalized spacial score (nSPS) is 30.0. The van der Waals surface area contributed by atoms with Gasteiger partial charge in [0.2, 0.25) is 0 Å². The first kappa shape index (κ1) is 6.01. The highest BCUT2D eigenvalue weighted by Crippen LogP contribution is 2.13. The van der Waals surface area contributed by atoms with E-state index in [4.69, 9.17) is 14.6 Å². The van der Waals surface area contributed by atoms with Gasteiger partial charge in [0, 0.05) is 6.61 Å². The number of rotatable bonds is 3. The van der Waals surface area contributed by atoms with E-state index in [1.165, 1.54) is 0 Å². The fourth-order valence-corrected chi connectivity index (χ4v) is 0.498. The molecule has 1 rings (SSSR count). The molecule has 8 heavy (non-hydrogen) atoms. The summed E-state index contributed by atoms with van der Waals surface area (Å²) in [5.41, 5.74) is 0. The van der Waals surface area contributed by atoms with E-state index in [1.807, 2.05) is 6.92 Å². The lowest BCUT2D eigenvalue weighted by Gasteiger charge is -2.04. The topological polar surface area (TPSA) is 42.0 Å². The van der Waals surface area contributed by atoms with E-state index in [1.54, 1.807) is 0 Å². The van der Waals surface area contributed by atoms with Gasteiger partial charge in [0.05, 0.1) is 6.61 Å². The van der Waals surface area contributed by atoms with E-state index in [9.17, 15) is 0 Å². The second-order valence-electron chi connectivity index (χ2n) is 1.72. The minimum absolute atomic E-state index is 0.0463. The van der Waals surface area contributed by atoms with E-state index in [0.717, 1.165) is 0 Å². The van der Waals surface area contributed by atoms with Crippen LogP contribution in [0.2, 0.25) is 0 Å². The molecular formula is C5H10O3. The van der Waals surface area contributed by atoms with E-state index >= 15 is 0 Å². The first-order valence-electron chi connectivity index (χ1n) is 2.76. The summed E-state index contributed by atoms with van der Waals surface area (Å²) in [4.78, 5) is 0. The standard InChI is InChI=1S/C5H10O3/c1-2-7-5(6)4-3-8-4/h4-6H,2-3H2,1H3. The molecule has 0 radical (unpaired) electrons. The molecule has 0 amide bonds. The summed E-state index contributed by atoms with van der Waals surface area (Å²) in [6.45, 7) is 3.02. The molecule has 1 saturated heterocycles. The molecule has 48 valence electrons. The van der Waals surface area contributed by atoms with Gasteiger partial charge in [0.25, 0.3) is 0 Å².